The SMILES string of the molecule is CC/C=C\C/C=C\C/C=C\C/C=C\C/C=C\C/C=C\C/C=C\C/C=C\C/C=C\C/C=C\CCCCC(=O)OC(CO)COC(=O)CCCCCCCCCCCCCCCCCCCCCCCCCCCCCCC/C=C\CCCCCCCCCC. The van der Waals surface area contributed by atoms with Crippen molar-refractivity contribution in [3.05, 3.63) is 134 Å². The molecule has 1 N–H and O–H groups in total. The third-order valence-electron chi connectivity index (χ3n) is 16.4. The standard InChI is InChI=1S/C83H142O5/c1-3-5-7-9-11-13-15-17-19-21-23-25-27-29-31-33-35-37-38-39-40-41-42-43-44-46-47-49-51-53-55-57-59-61-63-65-67-69-71-73-75-77-82(85)87-80-81(79-84)88-83(86)78-76-74-72-70-68-66-64-62-60-58-56-54-52-50-48-45-36-34-32-30-28-26-24-22-20-18-16-14-12-10-8-6-4-2/h6,8,12,14,18,20-21,23-24,26,30,32,36,45,50,52,56,58,62,64,68,70,81,84H,3-5,7,9-11,13,15-17,19,22,25,27-29,31,33-35,37-44,46-49,51,53-55,57,59-61,63,65-67,69,71-80H2,1-2H3/b8-6-,14-12-,20-18-,23-21-,26-24-,32-30-,45-36-,52-50-,58-56-,64-62-,70-68-. The van der Waals surface area contributed by atoms with E-state index in [0.717, 1.165) is 103 Å². The topological polar surface area (TPSA) is 72.8 Å². The number of hydrogen-bond acceptors (Lipinski definition) is 5. The first-order chi connectivity index (χ1) is 43.6. The van der Waals surface area contributed by atoms with E-state index in [0.29, 0.717) is 12.8 Å². The molecule has 1 unspecified atom stereocenters. The minimum Gasteiger partial charge on any atom is -0.462 e. The van der Waals surface area contributed by atoms with Crippen LogP contribution in [0.5, 0.6) is 0 Å². The molecule has 0 bridgehead atoms. The normalized spacial score (nSPS) is 13.0. The van der Waals surface area contributed by atoms with Crippen LogP contribution < -0.4 is 0 Å². The Labute approximate surface area is 546 Å². The fourth-order valence-electron chi connectivity index (χ4n) is 10.8. The number of ether oxygens (including phenoxy) is 2. The summed E-state index contributed by atoms with van der Waals surface area (Å²) in [6.07, 6.45) is 115. The first-order valence-corrected chi connectivity index (χ1v) is 37.7. The van der Waals surface area contributed by atoms with Crippen molar-refractivity contribution in [1.82, 2.24) is 0 Å². The van der Waals surface area contributed by atoms with Crippen molar-refractivity contribution in [3.8, 4) is 0 Å². The predicted molar refractivity (Wildman–Crippen MR) is 389 cm³/mol. The van der Waals surface area contributed by atoms with E-state index in [1.807, 2.05) is 0 Å². The summed E-state index contributed by atoms with van der Waals surface area (Å²) in [6.45, 7) is 4.02. The quantitative estimate of drug-likeness (QED) is 0.0373. The van der Waals surface area contributed by atoms with Gasteiger partial charge in [-0.3, -0.25) is 9.59 Å². The number of carbonyl (C=O) groups excluding carboxylic acids is 2. The lowest BCUT2D eigenvalue weighted by Gasteiger charge is -2.15. The number of aliphatic hydroxyl groups excluding tert-OH is 1. The second-order valence-electron chi connectivity index (χ2n) is 25.0. The van der Waals surface area contributed by atoms with Crippen LogP contribution in [0.2, 0.25) is 0 Å². The van der Waals surface area contributed by atoms with Gasteiger partial charge in [0, 0.05) is 12.8 Å². The van der Waals surface area contributed by atoms with Crippen LogP contribution in [0.4, 0.5) is 0 Å². The van der Waals surface area contributed by atoms with Crippen LogP contribution in [-0.4, -0.2) is 36.4 Å². The van der Waals surface area contributed by atoms with E-state index >= 15 is 0 Å². The van der Waals surface area contributed by atoms with E-state index in [-0.39, 0.29) is 25.2 Å². The van der Waals surface area contributed by atoms with Crippen molar-refractivity contribution in [2.75, 3.05) is 13.2 Å². The Balaban J connectivity index is 3.50. The lowest BCUT2D eigenvalue weighted by atomic mass is 10.0. The molecule has 0 aromatic rings. The Hall–Kier alpha value is -3.96. The van der Waals surface area contributed by atoms with Crippen molar-refractivity contribution >= 4 is 11.9 Å². The molecule has 0 aliphatic rings. The molecule has 5 nitrogen and oxygen atoms in total. The third kappa shape index (κ3) is 74.5. The maximum atomic E-state index is 12.4. The Morgan fingerprint density at radius 1 is 0.273 bits per heavy atom. The van der Waals surface area contributed by atoms with E-state index in [4.69, 9.17) is 9.47 Å². The first kappa shape index (κ1) is 84.0. The van der Waals surface area contributed by atoms with Gasteiger partial charge in [0.15, 0.2) is 6.10 Å². The van der Waals surface area contributed by atoms with Gasteiger partial charge in [-0.1, -0.05) is 366 Å². The average molecular weight is 1220 g/mol. The van der Waals surface area contributed by atoms with Crippen LogP contribution in [0.15, 0.2) is 134 Å². The molecule has 0 fully saturated rings. The first-order valence-electron chi connectivity index (χ1n) is 37.7. The summed E-state index contributed by atoms with van der Waals surface area (Å²) < 4.78 is 10.7. The molecule has 0 aromatic carbocycles. The summed E-state index contributed by atoms with van der Waals surface area (Å²) >= 11 is 0. The summed E-state index contributed by atoms with van der Waals surface area (Å²) in [5.74, 6) is -0.637. The minimum atomic E-state index is -0.805. The van der Waals surface area contributed by atoms with Gasteiger partial charge in [0.25, 0.3) is 0 Å². The Bertz CT molecular complexity index is 1770. The molecule has 0 aliphatic heterocycles. The monoisotopic (exact) mass is 1220 g/mol. The molecule has 1 atom stereocenters. The lowest BCUT2D eigenvalue weighted by Crippen LogP contribution is -2.28. The molecule has 88 heavy (non-hydrogen) atoms. The smallest absolute Gasteiger partial charge is 0.306 e. The second kappa shape index (κ2) is 77.3. The minimum absolute atomic E-state index is 0.0884. The Kier molecular flexibility index (Phi) is 73.8. The largest absolute Gasteiger partial charge is 0.462 e. The van der Waals surface area contributed by atoms with Crippen molar-refractivity contribution in [1.29, 1.82) is 0 Å². The maximum absolute atomic E-state index is 12.4. The number of aliphatic hydroxyl groups is 1. The summed E-state index contributed by atoms with van der Waals surface area (Å²) in [7, 11) is 0. The molecule has 0 rings (SSSR count). The highest BCUT2D eigenvalue weighted by Gasteiger charge is 2.16. The summed E-state index contributed by atoms with van der Waals surface area (Å²) in [4.78, 5) is 24.7. The van der Waals surface area contributed by atoms with Crippen molar-refractivity contribution in [2.45, 2.75) is 367 Å². The predicted octanol–water partition coefficient (Wildman–Crippen LogP) is 26.7. The molecule has 0 amide bonds. The van der Waals surface area contributed by atoms with Crippen LogP contribution in [0, 0.1) is 0 Å². The van der Waals surface area contributed by atoms with E-state index in [9.17, 15) is 14.7 Å². The number of allylic oxidation sites excluding steroid dienone is 22. The zero-order valence-corrected chi connectivity index (χ0v) is 58.0. The summed E-state index contributed by atoms with van der Waals surface area (Å²) in [5, 5.41) is 9.70. The van der Waals surface area contributed by atoms with Gasteiger partial charge < -0.3 is 14.6 Å². The number of hydrogen-bond donors (Lipinski definition) is 1. The molecule has 0 aromatic heterocycles. The second-order valence-corrected chi connectivity index (χ2v) is 25.0. The highest BCUT2D eigenvalue weighted by molar-refractivity contribution is 5.70. The van der Waals surface area contributed by atoms with Crippen LogP contribution in [0.3, 0.4) is 0 Å². The molecular weight excluding hydrogens is 1080 g/mol. The molecule has 0 spiro atoms. The van der Waals surface area contributed by atoms with Crippen LogP contribution in [-0.2, 0) is 19.1 Å². The van der Waals surface area contributed by atoms with Crippen molar-refractivity contribution in [2.24, 2.45) is 0 Å². The Morgan fingerprint density at radius 2 is 0.489 bits per heavy atom. The van der Waals surface area contributed by atoms with Gasteiger partial charge in [-0.05, 0) is 116 Å². The van der Waals surface area contributed by atoms with E-state index in [1.165, 1.54) is 231 Å². The van der Waals surface area contributed by atoms with Crippen LogP contribution in [0.1, 0.15) is 361 Å². The van der Waals surface area contributed by atoms with Crippen molar-refractivity contribution < 1.29 is 24.2 Å². The zero-order valence-electron chi connectivity index (χ0n) is 58.0. The molecule has 0 saturated heterocycles. The van der Waals surface area contributed by atoms with E-state index in [2.05, 4.69) is 148 Å². The third-order valence-corrected chi connectivity index (χ3v) is 16.4. The highest BCUT2D eigenvalue weighted by Crippen LogP contribution is 2.18. The van der Waals surface area contributed by atoms with Gasteiger partial charge in [-0.2, -0.15) is 0 Å². The lowest BCUT2D eigenvalue weighted by molar-refractivity contribution is -0.161. The van der Waals surface area contributed by atoms with Crippen LogP contribution in [0.25, 0.3) is 0 Å². The van der Waals surface area contributed by atoms with Gasteiger partial charge in [0.2, 0.25) is 0 Å². The van der Waals surface area contributed by atoms with Gasteiger partial charge in [0.05, 0.1) is 6.61 Å². The highest BCUT2D eigenvalue weighted by atomic mass is 16.6. The van der Waals surface area contributed by atoms with Gasteiger partial charge in [-0.25, -0.2) is 0 Å². The Morgan fingerprint density at radius 3 is 0.773 bits per heavy atom. The summed E-state index contributed by atoms with van der Waals surface area (Å²) in [6, 6.07) is 0. The molecule has 504 valence electrons. The fourth-order valence-corrected chi connectivity index (χ4v) is 10.8. The van der Waals surface area contributed by atoms with Gasteiger partial charge in [0.1, 0.15) is 6.61 Å². The van der Waals surface area contributed by atoms with Crippen molar-refractivity contribution in [3.63, 3.8) is 0 Å². The fraction of sp³-hybridized carbons (Fsp3) is 0.711. The summed E-state index contributed by atoms with van der Waals surface area (Å²) in [5.41, 5.74) is 0. The van der Waals surface area contributed by atoms with Gasteiger partial charge >= 0.3 is 11.9 Å². The zero-order chi connectivity index (χ0) is 63.3. The molecule has 0 radical (unpaired) electrons. The number of unbranched alkanes of at least 4 members (excludes halogenated alkanes) is 39. The molecule has 0 aliphatic carbocycles. The van der Waals surface area contributed by atoms with E-state index in [1.54, 1.807) is 0 Å². The number of carbonyl (C=O) groups is 2. The molecule has 0 heterocycles. The van der Waals surface area contributed by atoms with Gasteiger partial charge in [-0.15, -0.1) is 0 Å². The molecule has 0 saturated carbocycles. The average Bonchev–Trinajstić information content (AvgIpc) is 3.56. The molecular formula is C83H142O5. The number of esters is 2. The van der Waals surface area contributed by atoms with E-state index < -0.39 is 6.10 Å². The molecule has 5 heteroatoms. The van der Waals surface area contributed by atoms with Crippen LogP contribution >= 0.6 is 0 Å². The maximum Gasteiger partial charge on any atom is 0.306 e. The number of rotatable bonds is 69.